The summed E-state index contributed by atoms with van der Waals surface area (Å²) in [6.07, 6.45) is -1.10. The van der Waals surface area contributed by atoms with Gasteiger partial charge in [0.2, 0.25) is 0 Å². The van der Waals surface area contributed by atoms with Crippen LogP contribution in [0.4, 0.5) is 13.2 Å². The number of hydrogen-bond donors (Lipinski definition) is 1. The third-order valence-electron chi connectivity index (χ3n) is 2.39. The molecule has 0 aliphatic rings. The Morgan fingerprint density at radius 3 is 2.45 bits per heavy atom. The van der Waals surface area contributed by atoms with Gasteiger partial charge in [-0.3, -0.25) is 4.79 Å². The van der Waals surface area contributed by atoms with Crippen LogP contribution < -0.4 is 5.32 Å². The molecule has 0 saturated heterocycles. The molecule has 4 nitrogen and oxygen atoms in total. The molecule has 1 heterocycles. The maximum atomic E-state index is 12.0. The van der Waals surface area contributed by atoms with Gasteiger partial charge in [-0.15, -0.1) is 0 Å². The first-order valence-electron chi connectivity index (χ1n) is 5.51. The number of hydrogen-bond acceptors (Lipinski definition) is 2. The number of benzene rings is 1. The highest BCUT2D eigenvalue weighted by Gasteiger charge is 2.27. The van der Waals surface area contributed by atoms with Gasteiger partial charge in [-0.25, -0.2) is 4.68 Å². The van der Waals surface area contributed by atoms with Gasteiger partial charge < -0.3 is 5.32 Å². The number of amides is 1. The highest BCUT2D eigenvalue weighted by atomic mass is 79.9. The number of alkyl halides is 3. The molecule has 0 atom stereocenters. The van der Waals surface area contributed by atoms with E-state index in [9.17, 15) is 18.0 Å². The zero-order chi connectivity index (χ0) is 14.8. The Kier molecular flexibility index (Phi) is 4.12. The zero-order valence-electron chi connectivity index (χ0n) is 9.99. The van der Waals surface area contributed by atoms with Crippen LogP contribution >= 0.6 is 15.9 Å². The van der Waals surface area contributed by atoms with Gasteiger partial charge in [-0.1, -0.05) is 0 Å². The van der Waals surface area contributed by atoms with Crippen LogP contribution in [-0.2, 0) is 0 Å². The summed E-state index contributed by atoms with van der Waals surface area (Å²) in [6, 6.07) is 6.08. The Hall–Kier alpha value is -1.83. The van der Waals surface area contributed by atoms with Gasteiger partial charge >= 0.3 is 6.18 Å². The van der Waals surface area contributed by atoms with Crippen LogP contribution in [0.3, 0.4) is 0 Å². The van der Waals surface area contributed by atoms with Crippen molar-refractivity contribution in [1.82, 2.24) is 15.1 Å². The van der Waals surface area contributed by atoms with Crippen molar-refractivity contribution in [3.63, 3.8) is 0 Å². The molecule has 2 rings (SSSR count). The number of nitrogens with zero attached hydrogens (tertiary/aromatic N) is 2. The van der Waals surface area contributed by atoms with Crippen molar-refractivity contribution in [2.75, 3.05) is 6.54 Å². The van der Waals surface area contributed by atoms with Crippen LogP contribution in [-0.4, -0.2) is 28.4 Å². The second-order valence-electron chi connectivity index (χ2n) is 3.95. The summed E-state index contributed by atoms with van der Waals surface area (Å²) in [5.41, 5.74) is 0.854. The first-order chi connectivity index (χ1) is 9.35. The quantitative estimate of drug-likeness (QED) is 0.927. The Labute approximate surface area is 120 Å². The number of nitrogens with one attached hydrogen (secondary N) is 1. The second kappa shape index (κ2) is 5.66. The topological polar surface area (TPSA) is 46.9 Å². The number of rotatable bonds is 3. The van der Waals surface area contributed by atoms with E-state index >= 15 is 0 Å². The summed E-state index contributed by atoms with van der Waals surface area (Å²) >= 11 is 3.25. The molecule has 1 amide bonds. The molecule has 0 saturated carbocycles. The van der Waals surface area contributed by atoms with E-state index in [4.69, 9.17) is 0 Å². The molecule has 0 bridgehead atoms. The van der Waals surface area contributed by atoms with E-state index < -0.39 is 18.6 Å². The van der Waals surface area contributed by atoms with Gasteiger partial charge in [0, 0.05) is 11.8 Å². The molecule has 1 aromatic heterocycles. The SMILES string of the molecule is O=C(NCC(F)(F)F)c1ccc(-n2cc(Br)cn2)cc1. The van der Waals surface area contributed by atoms with Gasteiger partial charge in [-0.2, -0.15) is 18.3 Å². The normalized spacial score (nSPS) is 11.4. The first-order valence-corrected chi connectivity index (χ1v) is 6.30. The fourth-order valence-electron chi connectivity index (χ4n) is 1.49. The Morgan fingerprint density at radius 2 is 1.95 bits per heavy atom. The van der Waals surface area contributed by atoms with E-state index in [-0.39, 0.29) is 5.56 Å². The minimum atomic E-state index is -4.42. The van der Waals surface area contributed by atoms with Crippen molar-refractivity contribution >= 4 is 21.8 Å². The average Bonchev–Trinajstić information content (AvgIpc) is 2.82. The average molecular weight is 348 g/mol. The lowest BCUT2D eigenvalue weighted by molar-refractivity contribution is -0.123. The van der Waals surface area contributed by atoms with E-state index in [1.165, 1.54) is 12.1 Å². The molecule has 8 heteroatoms. The molecule has 0 fully saturated rings. The summed E-state index contributed by atoms with van der Waals surface area (Å²) in [7, 11) is 0. The minimum Gasteiger partial charge on any atom is -0.343 e. The molecule has 1 aromatic carbocycles. The van der Waals surface area contributed by atoms with Crippen molar-refractivity contribution in [2.45, 2.75) is 6.18 Å². The molecule has 2 aromatic rings. The Bertz CT molecular complexity index is 607. The van der Waals surface area contributed by atoms with Crippen molar-refractivity contribution in [1.29, 1.82) is 0 Å². The zero-order valence-corrected chi connectivity index (χ0v) is 11.6. The van der Waals surface area contributed by atoms with E-state index in [0.717, 1.165) is 4.47 Å². The lowest BCUT2D eigenvalue weighted by Gasteiger charge is -2.08. The molecule has 0 unspecified atom stereocenters. The van der Waals surface area contributed by atoms with E-state index in [2.05, 4.69) is 21.0 Å². The summed E-state index contributed by atoms with van der Waals surface area (Å²) in [4.78, 5) is 11.5. The number of aromatic nitrogens is 2. The van der Waals surface area contributed by atoms with Gasteiger partial charge in [-0.05, 0) is 40.2 Å². The Balaban J connectivity index is 2.06. The molecule has 0 aliphatic heterocycles. The molecule has 1 N–H and O–H groups in total. The van der Waals surface area contributed by atoms with Gasteiger partial charge in [0.15, 0.2) is 0 Å². The van der Waals surface area contributed by atoms with E-state index in [1.54, 1.807) is 29.2 Å². The van der Waals surface area contributed by atoms with Gasteiger partial charge in [0.05, 0.1) is 16.4 Å². The summed E-state index contributed by atoms with van der Waals surface area (Å²) in [6.45, 7) is -1.35. The maximum absolute atomic E-state index is 12.0. The van der Waals surface area contributed by atoms with E-state index in [0.29, 0.717) is 5.69 Å². The van der Waals surface area contributed by atoms with E-state index in [1.807, 2.05) is 5.32 Å². The molecule has 106 valence electrons. The highest BCUT2D eigenvalue weighted by Crippen LogP contribution is 2.15. The van der Waals surface area contributed by atoms with Crippen LogP contribution in [0.2, 0.25) is 0 Å². The molecule has 0 spiro atoms. The highest BCUT2D eigenvalue weighted by molar-refractivity contribution is 9.10. The van der Waals surface area contributed by atoms with Crippen molar-refractivity contribution < 1.29 is 18.0 Å². The van der Waals surface area contributed by atoms with Gasteiger partial charge in [0.1, 0.15) is 6.54 Å². The smallest absolute Gasteiger partial charge is 0.343 e. The van der Waals surface area contributed by atoms with Crippen LogP contribution in [0.5, 0.6) is 0 Å². The lowest BCUT2D eigenvalue weighted by Crippen LogP contribution is -2.33. The van der Waals surface area contributed by atoms with Crippen molar-refractivity contribution in [2.24, 2.45) is 0 Å². The molecular formula is C12H9BrF3N3O. The predicted octanol–water partition coefficient (Wildman–Crippen LogP) is 2.93. The number of carbonyl (C=O) groups excluding carboxylic acids is 1. The monoisotopic (exact) mass is 347 g/mol. The van der Waals surface area contributed by atoms with Crippen molar-refractivity contribution in [3.05, 3.63) is 46.7 Å². The standard InChI is InChI=1S/C12H9BrF3N3O/c13-9-5-18-19(6-9)10-3-1-8(2-4-10)11(20)17-7-12(14,15)16/h1-6H,7H2,(H,17,20). The van der Waals surface area contributed by atoms with Crippen LogP contribution in [0.15, 0.2) is 41.1 Å². The van der Waals surface area contributed by atoms with Crippen LogP contribution in [0.1, 0.15) is 10.4 Å². The maximum Gasteiger partial charge on any atom is 0.405 e. The fourth-order valence-corrected chi connectivity index (χ4v) is 1.78. The predicted molar refractivity (Wildman–Crippen MR) is 69.7 cm³/mol. The third kappa shape index (κ3) is 3.83. The summed E-state index contributed by atoms with van der Waals surface area (Å²) in [5.74, 6) is -0.768. The Morgan fingerprint density at radius 1 is 1.30 bits per heavy atom. The second-order valence-corrected chi connectivity index (χ2v) is 4.86. The van der Waals surface area contributed by atoms with Crippen LogP contribution in [0.25, 0.3) is 5.69 Å². The summed E-state index contributed by atoms with van der Waals surface area (Å²) in [5, 5.41) is 5.86. The van der Waals surface area contributed by atoms with Gasteiger partial charge in [0.25, 0.3) is 5.91 Å². The van der Waals surface area contributed by atoms with Crippen LogP contribution in [0, 0.1) is 0 Å². The van der Waals surface area contributed by atoms with Crippen molar-refractivity contribution in [3.8, 4) is 5.69 Å². The number of halogens is 4. The summed E-state index contributed by atoms with van der Waals surface area (Å²) < 4.78 is 38.3. The molecule has 20 heavy (non-hydrogen) atoms. The number of carbonyl (C=O) groups is 1. The third-order valence-corrected chi connectivity index (χ3v) is 2.80. The molecule has 0 radical (unpaired) electrons. The first kappa shape index (κ1) is 14.6. The fraction of sp³-hybridized carbons (Fsp3) is 0.167. The molecular weight excluding hydrogens is 339 g/mol. The largest absolute Gasteiger partial charge is 0.405 e. The lowest BCUT2D eigenvalue weighted by atomic mass is 10.2. The minimum absolute atomic E-state index is 0.157. The molecule has 0 aliphatic carbocycles.